The third-order valence-electron chi connectivity index (χ3n) is 3.99. The Morgan fingerprint density at radius 1 is 1.50 bits per heavy atom. The topological polar surface area (TPSA) is 53.4 Å². The highest BCUT2D eigenvalue weighted by molar-refractivity contribution is 5.75. The van der Waals surface area contributed by atoms with Crippen LogP contribution in [0.1, 0.15) is 42.0 Å². The van der Waals surface area contributed by atoms with Crippen LogP contribution in [-0.2, 0) is 11.2 Å². The van der Waals surface area contributed by atoms with E-state index in [9.17, 15) is 9.90 Å². The van der Waals surface area contributed by atoms with E-state index >= 15 is 0 Å². The molecule has 20 heavy (non-hydrogen) atoms. The summed E-state index contributed by atoms with van der Waals surface area (Å²) < 4.78 is 0. The van der Waals surface area contributed by atoms with Crippen molar-refractivity contribution in [3.05, 3.63) is 29.1 Å². The summed E-state index contributed by atoms with van der Waals surface area (Å²) in [6.45, 7) is 3.00. The van der Waals surface area contributed by atoms with Crippen LogP contribution in [0.15, 0.2) is 12.3 Å². The van der Waals surface area contributed by atoms with Crippen molar-refractivity contribution >= 4 is 5.97 Å². The molecular weight excluding hydrogens is 252 g/mol. The first-order chi connectivity index (χ1) is 9.47. The molecule has 1 unspecified atom stereocenters. The van der Waals surface area contributed by atoms with Crippen LogP contribution < -0.4 is 0 Å². The zero-order chi connectivity index (χ0) is 14.7. The smallest absolute Gasteiger partial charge is 0.312 e. The lowest BCUT2D eigenvalue weighted by atomic mass is 9.95. The molecule has 4 heteroatoms. The van der Waals surface area contributed by atoms with Gasteiger partial charge in [0.15, 0.2) is 0 Å². The molecule has 0 radical (unpaired) electrons. The fourth-order valence-corrected chi connectivity index (χ4v) is 2.42. The molecule has 1 saturated carbocycles. The molecule has 0 saturated heterocycles. The maximum Gasteiger partial charge on any atom is 0.312 e. The van der Waals surface area contributed by atoms with Crippen molar-refractivity contribution < 1.29 is 9.90 Å². The molecule has 1 aliphatic carbocycles. The summed E-state index contributed by atoms with van der Waals surface area (Å²) in [4.78, 5) is 18.0. The Morgan fingerprint density at radius 3 is 2.75 bits per heavy atom. The maximum atomic E-state index is 11.5. The van der Waals surface area contributed by atoms with E-state index in [2.05, 4.69) is 9.88 Å². The molecule has 1 aromatic rings. The van der Waals surface area contributed by atoms with Crippen molar-refractivity contribution in [3.63, 3.8) is 0 Å². The molecule has 2 rings (SSSR count). The summed E-state index contributed by atoms with van der Waals surface area (Å²) >= 11 is 0. The molecule has 1 N–H and O–H groups in total. The van der Waals surface area contributed by atoms with Gasteiger partial charge in [-0.15, -0.1) is 0 Å². The van der Waals surface area contributed by atoms with E-state index in [4.69, 9.17) is 0 Å². The molecule has 1 heterocycles. The first-order valence-electron chi connectivity index (χ1n) is 7.30. The van der Waals surface area contributed by atoms with Gasteiger partial charge in [0.05, 0.1) is 11.6 Å². The summed E-state index contributed by atoms with van der Waals surface area (Å²) in [5.41, 5.74) is 3.08. The van der Waals surface area contributed by atoms with E-state index in [1.165, 1.54) is 18.4 Å². The zero-order valence-corrected chi connectivity index (χ0v) is 12.6. The fourth-order valence-electron chi connectivity index (χ4n) is 2.42. The van der Waals surface area contributed by atoms with Crippen molar-refractivity contribution in [1.29, 1.82) is 0 Å². The van der Waals surface area contributed by atoms with E-state index in [-0.39, 0.29) is 0 Å². The lowest BCUT2D eigenvalue weighted by molar-refractivity contribution is -0.139. The fraction of sp³-hybridized carbons (Fsp3) is 0.625. The second-order valence-electron chi connectivity index (χ2n) is 6.16. The Bertz CT molecular complexity index is 481. The predicted molar refractivity (Wildman–Crippen MR) is 78.9 cm³/mol. The second kappa shape index (κ2) is 6.35. The van der Waals surface area contributed by atoms with Crippen molar-refractivity contribution in [1.82, 2.24) is 9.88 Å². The Morgan fingerprint density at radius 2 is 2.20 bits per heavy atom. The third kappa shape index (κ3) is 4.04. The Kier molecular flexibility index (Phi) is 4.76. The highest BCUT2D eigenvalue weighted by Crippen LogP contribution is 2.38. The lowest BCUT2D eigenvalue weighted by Crippen LogP contribution is -2.17. The molecule has 1 fully saturated rings. The van der Waals surface area contributed by atoms with Crippen LogP contribution in [0.5, 0.6) is 0 Å². The Labute approximate surface area is 120 Å². The lowest BCUT2D eigenvalue weighted by Gasteiger charge is -2.15. The van der Waals surface area contributed by atoms with E-state index in [0.29, 0.717) is 5.92 Å². The molecule has 0 bridgehead atoms. The monoisotopic (exact) mass is 276 g/mol. The van der Waals surface area contributed by atoms with Gasteiger partial charge in [0.25, 0.3) is 0 Å². The molecule has 0 amide bonds. The summed E-state index contributed by atoms with van der Waals surface area (Å²) in [6.07, 6.45) is 5.83. The van der Waals surface area contributed by atoms with Crippen LogP contribution >= 0.6 is 0 Å². The average Bonchev–Trinajstić information content (AvgIpc) is 3.19. The van der Waals surface area contributed by atoms with Gasteiger partial charge in [-0.05, 0) is 57.0 Å². The first kappa shape index (κ1) is 15.0. The molecular formula is C16H24N2O2. The SMILES string of the molecule is Cc1cnc(C(CC2CC2)C(=O)O)cc1CCN(C)C. The van der Waals surface area contributed by atoms with Gasteiger partial charge in [0.1, 0.15) is 0 Å². The third-order valence-corrected chi connectivity index (χ3v) is 3.99. The summed E-state index contributed by atoms with van der Waals surface area (Å²) in [6, 6.07) is 2.00. The van der Waals surface area contributed by atoms with Crippen LogP contribution in [0.2, 0.25) is 0 Å². The van der Waals surface area contributed by atoms with Gasteiger partial charge in [0.2, 0.25) is 0 Å². The van der Waals surface area contributed by atoms with Crippen molar-refractivity contribution in [2.24, 2.45) is 5.92 Å². The predicted octanol–water partition coefficient (Wildman–Crippen LogP) is 2.46. The number of aryl methyl sites for hydroxylation is 1. The minimum atomic E-state index is -0.744. The number of nitrogens with zero attached hydrogens (tertiary/aromatic N) is 2. The van der Waals surface area contributed by atoms with Crippen LogP contribution in [0.4, 0.5) is 0 Å². The zero-order valence-electron chi connectivity index (χ0n) is 12.6. The van der Waals surface area contributed by atoms with E-state index in [0.717, 1.165) is 30.6 Å². The summed E-state index contributed by atoms with van der Waals surface area (Å²) in [5, 5.41) is 9.43. The largest absolute Gasteiger partial charge is 0.481 e. The first-order valence-corrected chi connectivity index (χ1v) is 7.30. The Balaban J connectivity index is 2.16. The van der Waals surface area contributed by atoms with Gasteiger partial charge in [0, 0.05) is 12.7 Å². The van der Waals surface area contributed by atoms with E-state index in [1.807, 2.05) is 33.3 Å². The summed E-state index contributed by atoms with van der Waals surface area (Å²) in [5.74, 6) is -0.600. The normalized spacial score (nSPS) is 16.4. The van der Waals surface area contributed by atoms with Gasteiger partial charge < -0.3 is 10.0 Å². The average molecular weight is 276 g/mol. The number of pyridine rings is 1. The van der Waals surface area contributed by atoms with Gasteiger partial charge >= 0.3 is 5.97 Å². The maximum absolute atomic E-state index is 11.5. The minimum absolute atomic E-state index is 0.443. The number of rotatable bonds is 7. The highest BCUT2D eigenvalue weighted by Gasteiger charge is 2.31. The number of aromatic nitrogens is 1. The number of hydrogen-bond acceptors (Lipinski definition) is 3. The number of carbonyl (C=O) groups is 1. The standard InChI is InChI=1S/C16H24N2O2/c1-11-10-17-15(9-13(11)6-7-18(2)3)14(16(19)20)8-12-4-5-12/h9-10,12,14H,4-8H2,1-3H3,(H,19,20). The van der Waals surface area contributed by atoms with Crippen molar-refractivity contribution in [2.75, 3.05) is 20.6 Å². The number of likely N-dealkylation sites (N-methyl/N-ethyl adjacent to an activating group) is 1. The van der Waals surface area contributed by atoms with Gasteiger partial charge in [-0.2, -0.15) is 0 Å². The summed E-state index contributed by atoms with van der Waals surface area (Å²) in [7, 11) is 4.09. The quantitative estimate of drug-likeness (QED) is 0.831. The van der Waals surface area contributed by atoms with Crippen molar-refractivity contribution in [2.45, 2.75) is 38.5 Å². The molecule has 0 spiro atoms. The van der Waals surface area contributed by atoms with E-state index in [1.54, 1.807) is 0 Å². The highest BCUT2D eigenvalue weighted by atomic mass is 16.4. The number of carboxylic acid groups (broad SMARTS) is 1. The van der Waals surface area contributed by atoms with Gasteiger partial charge in [-0.3, -0.25) is 9.78 Å². The van der Waals surface area contributed by atoms with Gasteiger partial charge in [-0.25, -0.2) is 0 Å². The van der Waals surface area contributed by atoms with E-state index < -0.39 is 11.9 Å². The molecule has 4 nitrogen and oxygen atoms in total. The molecule has 1 aromatic heterocycles. The van der Waals surface area contributed by atoms with Crippen LogP contribution in [0.25, 0.3) is 0 Å². The molecule has 0 aromatic carbocycles. The molecule has 1 atom stereocenters. The number of aliphatic carboxylic acids is 1. The number of carboxylic acids is 1. The molecule has 110 valence electrons. The second-order valence-corrected chi connectivity index (χ2v) is 6.16. The molecule has 0 aliphatic heterocycles. The minimum Gasteiger partial charge on any atom is -0.481 e. The van der Waals surface area contributed by atoms with Crippen LogP contribution in [0.3, 0.4) is 0 Å². The Hall–Kier alpha value is -1.42. The van der Waals surface area contributed by atoms with Gasteiger partial charge in [-0.1, -0.05) is 12.8 Å². The van der Waals surface area contributed by atoms with Crippen LogP contribution in [0, 0.1) is 12.8 Å². The number of hydrogen-bond donors (Lipinski definition) is 1. The van der Waals surface area contributed by atoms with Crippen molar-refractivity contribution in [3.8, 4) is 0 Å². The molecule has 1 aliphatic rings. The van der Waals surface area contributed by atoms with Crippen LogP contribution in [-0.4, -0.2) is 41.6 Å².